The summed E-state index contributed by atoms with van der Waals surface area (Å²) in [5.41, 5.74) is 3.38. The summed E-state index contributed by atoms with van der Waals surface area (Å²) >= 11 is 0. The molecule has 1 aliphatic carbocycles. The van der Waals surface area contributed by atoms with Gasteiger partial charge in [-0.3, -0.25) is 14.5 Å². The van der Waals surface area contributed by atoms with Gasteiger partial charge in [0.05, 0.1) is 13.2 Å². The number of ketones is 2. The van der Waals surface area contributed by atoms with E-state index in [1.807, 2.05) is 9.80 Å². The zero-order valence-electron chi connectivity index (χ0n) is 13.4. The number of methoxy groups -OCH3 is 2. The maximum atomic E-state index is 13.3. The van der Waals surface area contributed by atoms with Gasteiger partial charge in [-0.1, -0.05) is 0 Å². The molecule has 6 aliphatic rings. The molecule has 0 aromatic rings. The van der Waals surface area contributed by atoms with Crippen LogP contribution in [0.1, 0.15) is 6.92 Å². The number of amides is 1. The smallest absolute Gasteiger partial charge is 0.404 e. The topological polar surface area (TPSA) is 111 Å². The minimum Gasteiger partial charge on any atom is -0.493 e. The molecular weight excluding hydrogens is 318 g/mol. The average molecular weight is 335 g/mol. The molecule has 0 radical (unpaired) electrons. The van der Waals surface area contributed by atoms with Gasteiger partial charge in [0.1, 0.15) is 5.92 Å². The molecule has 6 rings (SSSR count). The van der Waals surface area contributed by atoms with Gasteiger partial charge in [-0.25, -0.2) is 9.69 Å². The number of Topliss-reactive ketones (excluding diaryl/α,β-unsaturated/α-hetero) is 2. The van der Waals surface area contributed by atoms with E-state index >= 15 is 0 Å². The van der Waals surface area contributed by atoms with Crippen molar-refractivity contribution in [1.82, 2.24) is 9.80 Å². The molecule has 0 aromatic heterocycles. The minimum absolute atomic E-state index is 0.0179. The predicted molar refractivity (Wildman–Crippen MR) is 76.3 cm³/mol. The number of hydrogen-bond acceptors (Lipinski definition) is 8. The summed E-state index contributed by atoms with van der Waals surface area (Å²) in [6.07, 6.45) is -1.93. The molecule has 5 aliphatic heterocycles. The number of nitrogens with two attached hydrogens (primary N) is 1. The van der Waals surface area contributed by atoms with Crippen molar-refractivity contribution < 1.29 is 28.6 Å². The average Bonchev–Trinajstić information content (AvgIpc) is 2.84. The largest absolute Gasteiger partial charge is 0.493 e. The van der Waals surface area contributed by atoms with Crippen molar-refractivity contribution in [2.75, 3.05) is 20.8 Å². The van der Waals surface area contributed by atoms with Crippen LogP contribution in [0.3, 0.4) is 0 Å². The molecule has 6 bridgehead atoms. The van der Waals surface area contributed by atoms with E-state index in [1.54, 1.807) is 6.92 Å². The Morgan fingerprint density at radius 3 is 2.58 bits per heavy atom. The first-order valence-corrected chi connectivity index (χ1v) is 7.80. The fraction of sp³-hybridized carbons (Fsp3) is 0.667. The van der Waals surface area contributed by atoms with Crippen molar-refractivity contribution in [3.05, 3.63) is 11.3 Å². The Bertz CT molecular complexity index is 764. The third-order valence-electron chi connectivity index (χ3n) is 6.39. The highest BCUT2D eigenvalue weighted by molar-refractivity contribution is 6.18. The first-order valence-electron chi connectivity index (χ1n) is 7.80. The lowest BCUT2D eigenvalue weighted by atomic mass is 9.73. The van der Waals surface area contributed by atoms with E-state index in [9.17, 15) is 14.4 Å². The number of carbonyl (C=O) groups is 3. The van der Waals surface area contributed by atoms with Crippen LogP contribution in [-0.4, -0.2) is 77.8 Å². The van der Waals surface area contributed by atoms with Gasteiger partial charge < -0.3 is 19.9 Å². The van der Waals surface area contributed by atoms with Crippen LogP contribution in [0.25, 0.3) is 0 Å². The predicted octanol–water partition coefficient (Wildman–Crippen LogP) is -1.43. The summed E-state index contributed by atoms with van der Waals surface area (Å²) in [5.74, 6) is -1.43. The number of hydrogen-bond donors (Lipinski definition) is 1. The molecule has 8 unspecified atom stereocenters. The van der Waals surface area contributed by atoms with Crippen LogP contribution in [-0.2, 0) is 23.8 Å². The Morgan fingerprint density at radius 2 is 2.04 bits per heavy atom. The van der Waals surface area contributed by atoms with Crippen LogP contribution in [0, 0.1) is 5.92 Å². The zero-order chi connectivity index (χ0) is 17.2. The summed E-state index contributed by atoms with van der Waals surface area (Å²) in [6.45, 7) is 2.19. The minimum atomic E-state index is -1.14. The van der Waals surface area contributed by atoms with Crippen LogP contribution in [0.15, 0.2) is 11.3 Å². The highest BCUT2D eigenvalue weighted by Crippen LogP contribution is 2.73. The number of rotatable bonds is 3. The molecule has 0 saturated carbocycles. The highest BCUT2D eigenvalue weighted by atomic mass is 16.6. The Hall–Kier alpha value is -1.97. The van der Waals surface area contributed by atoms with E-state index in [1.165, 1.54) is 14.2 Å². The summed E-state index contributed by atoms with van der Waals surface area (Å²) < 4.78 is 16.3. The number of ether oxygens (including phenoxy) is 3. The van der Waals surface area contributed by atoms with Crippen molar-refractivity contribution in [2.45, 2.75) is 36.5 Å². The number of piperazine rings is 1. The molecular formula is C15H17N3O6. The van der Waals surface area contributed by atoms with E-state index in [0.717, 1.165) is 0 Å². The molecule has 5 fully saturated rings. The molecule has 9 nitrogen and oxygen atoms in total. The molecule has 8 atom stereocenters. The number of piperidine rings is 1. The maximum Gasteiger partial charge on any atom is 0.404 e. The summed E-state index contributed by atoms with van der Waals surface area (Å²) in [6, 6.07) is 0.0549. The van der Waals surface area contributed by atoms with E-state index in [-0.39, 0.29) is 29.4 Å². The van der Waals surface area contributed by atoms with Gasteiger partial charge in [0.2, 0.25) is 5.78 Å². The Morgan fingerprint density at radius 1 is 1.33 bits per heavy atom. The standard InChI is InChI=1S/C15H17N3O6/c1-5-9(22-2)8(19)7-12(24-13(16)21)15(23-3)10-6-4-17(15)14(7,11(5)20)18(6)10/h6-7,10,12H,4H2,1-3H3,(H2,16,21). The second-order valence-corrected chi connectivity index (χ2v) is 6.90. The van der Waals surface area contributed by atoms with E-state index < -0.39 is 29.5 Å². The third-order valence-corrected chi connectivity index (χ3v) is 6.39. The monoisotopic (exact) mass is 335 g/mol. The van der Waals surface area contributed by atoms with Crippen LogP contribution in [0.2, 0.25) is 0 Å². The number of primary amides is 1. The first-order chi connectivity index (χ1) is 11.4. The van der Waals surface area contributed by atoms with Crippen molar-refractivity contribution in [3.63, 3.8) is 0 Å². The molecule has 1 spiro atoms. The normalized spacial score (nSPS) is 52.6. The fourth-order valence-corrected chi connectivity index (χ4v) is 5.83. The second kappa shape index (κ2) is 3.81. The van der Waals surface area contributed by atoms with E-state index in [2.05, 4.69) is 0 Å². The molecule has 0 aromatic carbocycles. The molecule has 24 heavy (non-hydrogen) atoms. The van der Waals surface area contributed by atoms with Crippen LogP contribution >= 0.6 is 0 Å². The van der Waals surface area contributed by atoms with Gasteiger partial charge >= 0.3 is 6.09 Å². The van der Waals surface area contributed by atoms with Gasteiger partial charge in [0.25, 0.3) is 0 Å². The summed E-state index contributed by atoms with van der Waals surface area (Å²) in [7, 11) is 2.86. The molecule has 2 N–H and O–H groups in total. The van der Waals surface area contributed by atoms with Crippen molar-refractivity contribution in [1.29, 1.82) is 0 Å². The second-order valence-electron chi connectivity index (χ2n) is 6.90. The Labute approximate surface area is 137 Å². The van der Waals surface area contributed by atoms with Crippen LogP contribution in [0.5, 0.6) is 0 Å². The number of carbonyl (C=O) groups excluding carboxylic acids is 3. The van der Waals surface area contributed by atoms with Crippen molar-refractivity contribution in [3.8, 4) is 0 Å². The lowest BCUT2D eigenvalue weighted by Crippen LogP contribution is -2.62. The molecule has 128 valence electrons. The first kappa shape index (κ1) is 14.4. The fourth-order valence-electron chi connectivity index (χ4n) is 5.83. The van der Waals surface area contributed by atoms with Gasteiger partial charge in [-0.05, 0) is 6.92 Å². The highest BCUT2D eigenvalue weighted by Gasteiger charge is 2.97. The van der Waals surface area contributed by atoms with Crippen LogP contribution in [0.4, 0.5) is 4.79 Å². The SMILES string of the molecule is COC1=C(C)C(=O)C23C(C1=O)C(OC(N)=O)C1(OC)C4C(CN12)N43. The molecule has 5 heterocycles. The molecule has 5 saturated heterocycles. The third kappa shape index (κ3) is 1.05. The van der Waals surface area contributed by atoms with Gasteiger partial charge in [-0.2, -0.15) is 0 Å². The maximum absolute atomic E-state index is 13.3. The van der Waals surface area contributed by atoms with E-state index in [0.29, 0.717) is 12.1 Å². The molecule has 1 amide bonds. The Kier molecular flexibility index (Phi) is 2.29. The number of nitrogens with zero attached hydrogens (tertiary/aromatic N) is 2. The van der Waals surface area contributed by atoms with Gasteiger partial charge in [0, 0.05) is 25.3 Å². The summed E-state index contributed by atoms with van der Waals surface area (Å²) in [5, 5.41) is 0. The van der Waals surface area contributed by atoms with Crippen molar-refractivity contribution in [2.24, 2.45) is 11.7 Å². The number of allylic oxidation sites excluding steroid dienone is 1. The van der Waals surface area contributed by atoms with Crippen molar-refractivity contribution >= 4 is 17.7 Å². The van der Waals surface area contributed by atoms with E-state index in [4.69, 9.17) is 19.9 Å². The van der Waals surface area contributed by atoms with Gasteiger partial charge in [0.15, 0.2) is 29.0 Å². The quantitative estimate of drug-likeness (QED) is 0.625. The summed E-state index contributed by atoms with van der Waals surface area (Å²) in [4.78, 5) is 41.7. The van der Waals surface area contributed by atoms with Gasteiger partial charge in [-0.15, -0.1) is 0 Å². The zero-order valence-corrected chi connectivity index (χ0v) is 13.4. The van der Waals surface area contributed by atoms with Crippen LogP contribution < -0.4 is 5.73 Å². The lowest BCUT2D eigenvalue weighted by Gasteiger charge is -2.40. The lowest BCUT2D eigenvalue weighted by molar-refractivity contribution is -0.154. The Balaban J connectivity index is 1.76. The molecule has 9 heteroatoms.